The molecule has 0 amide bonds. The minimum Gasteiger partial charge on any atom is -0.273 e. The molecule has 0 heterocycles. The topological polar surface area (TPSA) is 46.5 Å². The van der Waals surface area contributed by atoms with E-state index >= 15 is 0 Å². The summed E-state index contributed by atoms with van der Waals surface area (Å²) in [7, 11) is -3.48. The molecule has 0 atom stereocenters. The molecule has 22 heavy (non-hydrogen) atoms. The minimum absolute atomic E-state index is 0.247. The van der Waals surface area contributed by atoms with Gasteiger partial charge in [-0.1, -0.05) is 36.8 Å². The van der Waals surface area contributed by atoms with E-state index in [-0.39, 0.29) is 16.6 Å². The zero-order valence-electron chi connectivity index (χ0n) is 12.6. The van der Waals surface area contributed by atoms with Gasteiger partial charge in [0.1, 0.15) is 11.7 Å². The zero-order valence-corrected chi connectivity index (χ0v) is 13.4. The average molecular weight is 319 g/mol. The van der Waals surface area contributed by atoms with Gasteiger partial charge in [-0.15, -0.1) is 0 Å². The first-order chi connectivity index (χ1) is 10.4. The maximum absolute atomic E-state index is 13.3. The van der Waals surface area contributed by atoms with Gasteiger partial charge in [0.05, 0.1) is 4.90 Å². The van der Waals surface area contributed by atoms with E-state index in [2.05, 4.69) is 4.99 Å². The normalized spacial score (nSPS) is 12.4. The Hall–Kier alpha value is -2.01. The van der Waals surface area contributed by atoms with Gasteiger partial charge in [0.25, 0.3) is 0 Å². The first-order valence-electron chi connectivity index (χ1n) is 7.01. The van der Waals surface area contributed by atoms with Crippen molar-refractivity contribution in [3.63, 3.8) is 0 Å². The van der Waals surface area contributed by atoms with Gasteiger partial charge in [-0.05, 0) is 43.2 Å². The first kappa shape index (κ1) is 16.4. The van der Waals surface area contributed by atoms with Gasteiger partial charge in [0.2, 0.25) is 0 Å². The van der Waals surface area contributed by atoms with E-state index in [4.69, 9.17) is 0 Å². The number of rotatable bonds is 5. The standard InChI is InChI=1S/C17H18FNO2S/c1-3-17(14-5-4-6-15(18)11-14)19-12-22(20,21)16-9-7-13(2)8-10-16/h4-11H,3,12H2,1-2H3. The Kier molecular flexibility index (Phi) is 5.08. The molecule has 2 aromatic carbocycles. The van der Waals surface area contributed by atoms with E-state index in [1.54, 1.807) is 36.4 Å². The molecule has 0 saturated carbocycles. The molecular formula is C17H18FNO2S. The molecule has 5 heteroatoms. The smallest absolute Gasteiger partial charge is 0.198 e. The van der Waals surface area contributed by atoms with Crippen molar-refractivity contribution in [2.24, 2.45) is 4.99 Å². The molecule has 2 aromatic rings. The van der Waals surface area contributed by atoms with Crippen LogP contribution in [0, 0.1) is 12.7 Å². The molecule has 3 nitrogen and oxygen atoms in total. The zero-order chi connectivity index (χ0) is 16.2. The maximum atomic E-state index is 13.3. The van der Waals surface area contributed by atoms with E-state index in [0.29, 0.717) is 17.7 Å². The highest BCUT2D eigenvalue weighted by Crippen LogP contribution is 2.14. The van der Waals surface area contributed by atoms with Gasteiger partial charge in [-0.25, -0.2) is 12.8 Å². The largest absolute Gasteiger partial charge is 0.273 e. The lowest BCUT2D eigenvalue weighted by Gasteiger charge is -2.06. The number of halogens is 1. The summed E-state index contributed by atoms with van der Waals surface area (Å²) in [6.07, 6.45) is 0.535. The Bertz CT molecular complexity index is 781. The van der Waals surface area contributed by atoms with E-state index < -0.39 is 9.84 Å². The van der Waals surface area contributed by atoms with Crippen molar-refractivity contribution < 1.29 is 12.8 Å². The summed E-state index contributed by atoms with van der Waals surface area (Å²) >= 11 is 0. The summed E-state index contributed by atoms with van der Waals surface area (Å²) in [5, 5.41) is 0. The van der Waals surface area contributed by atoms with Crippen LogP contribution in [0.1, 0.15) is 24.5 Å². The van der Waals surface area contributed by atoms with Crippen LogP contribution in [0.15, 0.2) is 58.4 Å². The van der Waals surface area contributed by atoms with Crippen LogP contribution in [-0.4, -0.2) is 20.0 Å². The van der Waals surface area contributed by atoms with Crippen LogP contribution in [0.25, 0.3) is 0 Å². The van der Waals surface area contributed by atoms with Crippen LogP contribution in [0.3, 0.4) is 0 Å². The predicted octanol–water partition coefficient (Wildman–Crippen LogP) is 3.76. The van der Waals surface area contributed by atoms with E-state index in [1.807, 2.05) is 13.8 Å². The summed E-state index contributed by atoms with van der Waals surface area (Å²) < 4.78 is 37.8. The van der Waals surface area contributed by atoms with Crippen molar-refractivity contribution in [1.29, 1.82) is 0 Å². The van der Waals surface area contributed by atoms with Gasteiger partial charge in [-0.2, -0.15) is 0 Å². The monoisotopic (exact) mass is 319 g/mol. The highest BCUT2D eigenvalue weighted by molar-refractivity contribution is 7.91. The van der Waals surface area contributed by atoms with Crippen LogP contribution >= 0.6 is 0 Å². The molecule has 0 bridgehead atoms. The van der Waals surface area contributed by atoms with Gasteiger partial charge < -0.3 is 0 Å². The summed E-state index contributed by atoms with van der Waals surface area (Å²) in [6, 6.07) is 12.7. The van der Waals surface area contributed by atoms with Crippen LogP contribution < -0.4 is 0 Å². The van der Waals surface area contributed by atoms with E-state index in [0.717, 1.165) is 5.56 Å². The van der Waals surface area contributed by atoms with Crippen molar-refractivity contribution in [1.82, 2.24) is 0 Å². The molecule has 116 valence electrons. The minimum atomic E-state index is -3.48. The Morgan fingerprint density at radius 1 is 1.14 bits per heavy atom. The number of nitrogens with zero attached hydrogens (tertiary/aromatic N) is 1. The van der Waals surface area contributed by atoms with Crippen molar-refractivity contribution >= 4 is 15.5 Å². The number of hydrogen-bond donors (Lipinski definition) is 0. The van der Waals surface area contributed by atoms with Crippen LogP contribution in [0.5, 0.6) is 0 Å². The second kappa shape index (κ2) is 6.83. The maximum Gasteiger partial charge on any atom is 0.198 e. The fraction of sp³-hybridized carbons (Fsp3) is 0.235. The molecule has 0 unspecified atom stereocenters. The molecule has 0 aliphatic rings. The number of benzene rings is 2. The third-order valence-electron chi connectivity index (χ3n) is 3.30. The van der Waals surface area contributed by atoms with Crippen LogP contribution in [0.2, 0.25) is 0 Å². The third-order valence-corrected chi connectivity index (χ3v) is 4.76. The fourth-order valence-electron chi connectivity index (χ4n) is 2.06. The molecule has 0 aliphatic heterocycles. The Morgan fingerprint density at radius 2 is 1.82 bits per heavy atom. The molecular weight excluding hydrogens is 301 g/mol. The lowest BCUT2D eigenvalue weighted by atomic mass is 10.1. The number of hydrogen-bond acceptors (Lipinski definition) is 3. The number of sulfone groups is 1. The predicted molar refractivity (Wildman–Crippen MR) is 86.5 cm³/mol. The SMILES string of the molecule is CCC(=NCS(=O)(=O)c1ccc(C)cc1)c1cccc(F)c1. The highest BCUT2D eigenvalue weighted by Gasteiger charge is 2.14. The van der Waals surface area contributed by atoms with Crippen LogP contribution in [-0.2, 0) is 9.84 Å². The Morgan fingerprint density at radius 3 is 2.41 bits per heavy atom. The average Bonchev–Trinajstić information content (AvgIpc) is 2.48. The van der Waals surface area contributed by atoms with Gasteiger partial charge in [0.15, 0.2) is 9.84 Å². The molecule has 0 aromatic heterocycles. The lowest BCUT2D eigenvalue weighted by Crippen LogP contribution is -2.09. The van der Waals surface area contributed by atoms with Crippen LogP contribution in [0.4, 0.5) is 4.39 Å². The summed E-state index contributed by atoms with van der Waals surface area (Å²) in [6.45, 7) is 3.76. The first-order valence-corrected chi connectivity index (χ1v) is 8.66. The van der Waals surface area contributed by atoms with E-state index in [1.165, 1.54) is 12.1 Å². The fourth-order valence-corrected chi connectivity index (χ4v) is 3.08. The molecule has 0 spiro atoms. The third kappa shape index (κ3) is 4.01. The number of aryl methyl sites for hydroxylation is 1. The Labute approximate surface area is 130 Å². The quantitative estimate of drug-likeness (QED) is 0.788. The molecule has 0 aliphatic carbocycles. The van der Waals surface area contributed by atoms with Crippen molar-refractivity contribution in [2.75, 3.05) is 5.88 Å². The second-order valence-electron chi connectivity index (χ2n) is 5.03. The lowest BCUT2D eigenvalue weighted by molar-refractivity contribution is 0.596. The summed E-state index contributed by atoms with van der Waals surface area (Å²) in [5.41, 5.74) is 2.19. The Balaban J connectivity index is 2.26. The molecule has 2 rings (SSSR count). The summed E-state index contributed by atoms with van der Waals surface area (Å²) in [4.78, 5) is 4.43. The molecule has 0 saturated heterocycles. The van der Waals surface area contributed by atoms with Crippen molar-refractivity contribution in [3.05, 3.63) is 65.5 Å². The second-order valence-corrected chi connectivity index (χ2v) is 6.98. The molecule has 0 fully saturated rings. The van der Waals surface area contributed by atoms with E-state index in [9.17, 15) is 12.8 Å². The highest BCUT2D eigenvalue weighted by atomic mass is 32.2. The van der Waals surface area contributed by atoms with Gasteiger partial charge >= 0.3 is 0 Å². The van der Waals surface area contributed by atoms with Gasteiger partial charge in [0, 0.05) is 5.71 Å². The summed E-state index contributed by atoms with van der Waals surface area (Å²) in [5.74, 6) is -0.699. The van der Waals surface area contributed by atoms with Crippen molar-refractivity contribution in [3.8, 4) is 0 Å². The molecule has 0 N–H and O–H groups in total. The number of aliphatic imine (C=N–C) groups is 1. The molecule has 0 radical (unpaired) electrons. The van der Waals surface area contributed by atoms with Gasteiger partial charge in [-0.3, -0.25) is 4.99 Å². The van der Waals surface area contributed by atoms with Crippen molar-refractivity contribution in [2.45, 2.75) is 25.2 Å².